The Labute approximate surface area is 142 Å². The minimum absolute atomic E-state index is 0.0752. The molecular weight excluding hydrogens is 302 g/mol. The Balaban J connectivity index is 1.98. The molecule has 4 heteroatoms. The lowest BCUT2D eigenvalue weighted by Gasteiger charge is -2.07. The molecule has 0 aliphatic carbocycles. The first-order valence-electron chi connectivity index (χ1n) is 8.29. The number of aliphatic carboxylic acids is 1. The molecule has 0 aromatic heterocycles. The number of carboxylic acids is 1. The average molecular weight is 325 g/mol. The average Bonchev–Trinajstić information content (AvgIpc) is 2.60. The molecule has 2 aromatic rings. The summed E-state index contributed by atoms with van der Waals surface area (Å²) in [7, 11) is 0. The van der Waals surface area contributed by atoms with Crippen molar-refractivity contribution in [2.45, 2.75) is 32.6 Å². The number of carbonyl (C=O) groups is 2. The van der Waals surface area contributed by atoms with Gasteiger partial charge >= 0.3 is 5.97 Å². The quantitative estimate of drug-likeness (QED) is 0.773. The molecule has 4 nitrogen and oxygen atoms in total. The van der Waals surface area contributed by atoms with Crippen molar-refractivity contribution in [2.24, 2.45) is 0 Å². The highest BCUT2D eigenvalue weighted by Gasteiger charge is 2.06. The maximum absolute atomic E-state index is 11.9. The van der Waals surface area contributed by atoms with Crippen LogP contribution < -0.4 is 5.32 Å². The van der Waals surface area contributed by atoms with Crippen LogP contribution in [0.4, 0.5) is 0 Å². The summed E-state index contributed by atoms with van der Waals surface area (Å²) in [6.45, 7) is 2.32. The molecule has 0 saturated carbocycles. The zero-order valence-corrected chi connectivity index (χ0v) is 13.9. The van der Waals surface area contributed by atoms with Crippen molar-refractivity contribution < 1.29 is 14.7 Å². The zero-order valence-electron chi connectivity index (χ0n) is 13.9. The van der Waals surface area contributed by atoms with E-state index in [0.717, 1.165) is 17.5 Å². The van der Waals surface area contributed by atoms with Gasteiger partial charge in [0.2, 0.25) is 0 Å². The van der Waals surface area contributed by atoms with Gasteiger partial charge in [0, 0.05) is 12.1 Å². The van der Waals surface area contributed by atoms with Crippen molar-refractivity contribution in [3.8, 4) is 11.1 Å². The fourth-order valence-corrected chi connectivity index (χ4v) is 2.44. The highest BCUT2D eigenvalue weighted by Crippen LogP contribution is 2.21. The van der Waals surface area contributed by atoms with Gasteiger partial charge in [-0.3, -0.25) is 9.59 Å². The largest absolute Gasteiger partial charge is 0.481 e. The summed E-state index contributed by atoms with van der Waals surface area (Å²) in [5.74, 6) is -1.18. The van der Waals surface area contributed by atoms with Crippen LogP contribution in [-0.4, -0.2) is 23.5 Å². The maximum atomic E-state index is 11.9. The summed E-state index contributed by atoms with van der Waals surface area (Å²) in [6, 6.07) is 15.8. The SMILES string of the molecule is CCCCc1ccc(-c2ccc(C(=O)NCCC(=O)O)cc2)cc1. The van der Waals surface area contributed by atoms with Crippen molar-refractivity contribution in [1.29, 1.82) is 0 Å². The van der Waals surface area contributed by atoms with E-state index in [0.29, 0.717) is 5.56 Å². The van der Waals surface area contributed by atoms with Gasteiger partial charge in [-0.1, -0.05) is 49.7 Å². The van der Waals surface area contributed by atoms with Gasteiger partial charge in [-0.25, -0.2) is 0 Å². The molecule has 0 saturated heterocycles. The van der Waals surface area contributed by atoms with Crippen LogP contribution in [0.15, 0.2) is 48.5 Å². The Morgan fingerprint density at radius 2 is 1.54 bits per heavy atom. The number of nitrogens with one attached hydrogen (secondary N) is 1. The summed E-state index contributed by atoms with van der Waals surface area (Å²) in [5, 5.41) is 11.2. The molecule has 0 unspecified atom stereocenters. The third kappa shape index (κ3) is 5.23. The van der Waals surface area contributed by atoms with Crippen LogP contribution in [-0.2, 0) is 11.2 Å². The second kappa shape index (κ2) is 8.87. The van der Waals surface area contributed by atoms with E-state index in [4.69, 9.17) is 5.11 Å². The molecule has 2 aromatic carbocycles. The first-order valence-corrected chi connectivity index (χ1v) is 8.29. The molecule has 2 rings (SSSR count). The number of carbonyl (C=O) groups excluding carboxylic acids is 1. The van der Waals surface area contributed by atoms with Crippen LogP contribution >= 0.6 is 0 Å². The Bertz CT molecular complexity index is 675. The number of unbranched alkanes of at least 4 members (excludes halogenated alkanes) is 1. The number of benzene rings is 2. The molecule has 1 amide bonds. The molecule has 0 bridgehead atoms. The fourth-order valence-electron chi connectivity index (χ4n) is 2.44. The van der Waals surface area contributed by atoms with Gasteiger partial charge in [0.1, 0.15) is 0 Å². The first-order chi connectivity index (χ1) is 11.6. The highest BCUT2D eigenvalue weighted by atomic mass is 16.4. The zero-order chi connectivity index (χ0) is 17.4. The lowest BCUT2D eigenvalue weighted by Crippen LogP contribution is -2.25. The second-order valence-electron chi connectivity index (χ2n) is 5.78. The predicted molar refractivity (Wildman–Crippen MR) is 95.1 cm³/mol. The minimum atomic E-state index is -0.923. The molecule has 0 radical (unpaired) electrons. The molecule has 0 atom stereocenters. The lowest BCUT2D eigenvalue weighted by molar-refractivity contribution is -0.136. The van der Waals surface area contributed by atoms with E-state index in [9.17, 15) is 9.59 Å². The van der Waals surface area contributed by atoms with Gasteiger partial charge < -0.3 is 10.4 Å². The van der Waals surface area contributed by atoms with Crippen LogP contribution in [0.2, 0.25) is 0 Å². The molecule has 24 heavy (non-hydrogen) atoms. The summed E-state index contributed by atoms with van der Waals surface area (Å²) in [5.41, 5.74) is 4.05. The molecular formula is C20H23NO3. The number of carboxylic acid groups (broad SMARTS) is 1. The topological polar surface area (TPSA) is 66.4 Å². The predicted octanol–water partition coefficient (Wildman–Crippen LogP) is 3.90. The lowest BCUT2D eigenvalue weighted by atomic mass is 10.0. The van der Waals surface area contributed by atoms with Gasteiger partial charge in [-0.2, -0.15) is 0 Å². The fraction of sp³-hybridized carbons (Fsp3) is 0.300. The molecule has 126 valence electrons. The number of amides is 1. The summed E-state index contributed by atoms with van der Waals surface area (Å²) < 4.78 is 0. The van der Waals surface area contributed by atoms with E-state index < -0.39 is 5.97 Å². The van der Waals surface area contributed by atoms with E-state index in [1.165, 1.54) is 18.4 Å². The highest BCUT2D eigenvalue weighted by molar-refractivity contribution is 5.94. The number of hydrogen-bond acceptors (Lipinski definition) is 2. The summed E-state index contributed by atoms with van der Waals surface area (Å²) in [4.78, 5) is 22.4. The molecule has 0 spiro atoms. The molecule has 0 aliphatic rings. The Morgan fingerprint density at radius 1 is 0.958 bits per heavy atom. The van der Waals surface area contributed by atoms with E-state index >= 15 is 0 Å². The number of rotatable bonds is 8. The second-order valence-corrected chi connectivity index (χ2v) is 5.78. The van der Waals surface area contributed by atoms with Crippen molar-refractivity contribution in [3.63, 3.8) is 0 Å². The van der Waals surface area contributed by atoms with E-state index in [2.05, 4.69) is 36.5 Å². The van der Waals surface area contributed by atoms with Gasteiger partial charge in [-0.15, -0.1) is 0 Å². The van der Waals surface area contributed by atoms with Crippen molar-refractivity contribution in [3.05, 3.63) is 59.7 Å². The Hall–Kier alpha value is -2.62. The van der Waals surface area contributed by atoms with Crippen LogP contribution in [0.5, 0.6) is 0 Å². The number of hydrogen-bond donors (Lipinski definition) is 2. The maximum Gasteiger partial charge on any atom is 0.305 e. The van der Waals surface area contributed by atoms with Gasteiger partial charge in [0.25, 0.3) is 5.91 Å². The third-order valence-electron chi connectivity index (χ3n) is 3.88. The first kappa shape index (κ1) is 17.7. The Morgan fingerprint density at radius 3 is 2.08 bits per heavy atom. The molecule has 2 N–H and O–H groups in total. The van der Waals surface area contributed by atoms with E-state index in [1.807, 2.05) is 12.1 Å². The van der Waals surface area contributed by atoms with Crippen molar-refractivity contribution in [1.82, 2.24) is 5.32 Å². The minimum Gasteiger partial charge on any atom is -0.481 e. The van der Waals surface area contributed by atoms with Crippen LogP contribution in [0.1, 0.15) is 42.1 Å². The van der Waals surface area contributed by atoms with Crippen LogP contribution in [0.25, 0.3) is 11.1 Å². The van der Waals surface area contributed by atoms with Crippen molar-refractivity contribution in [2.75, 3.05) is 6.54 Å². The molecule has 0 fully saturated rings. The standard InChI is InChI=1S/C20H23NO3/c1-2-3-4-15-5-7-16(8-6-15)17-9-11-18(12-10-17)20(24)21-14-13-19(22)23/h5-12H,2-4,13-14H2,1H3,(H,21,24)(H,22,23). The van der Waals surface area contributed by atoms with Gasteiger partial charge in [0.15, 0.2) is 0 Å². The summed E-state index contributed by atoms with van der Waals surface area (Å²) >= 11 is 0. The van der Waals surface area contributed by atoms with Gasteiger partial charge in [-0.05, 0) is 41.7 Å². The normalized spacial score (nSPS) is 10.4. The van der Waals surface area contributed by atoms with E-state index in [-0.39, 0.29) is 18.9 Å². The van der Waals surface area contributed by atoms with Gasteiger partial charge in [0.05, 0.1) is 6.42 Å². The third-order valence-corrected chi connectivity index (χ3v) is 3.88. The summed E-state index contributed by atoms with van der Waals surface area (Å²) in [6.07, 6.45) is 3.42. The van der Waals surface area contributed by atoms with Crippen LogP contribution in [0.3, 0.4) is 0 Å². The monoisotopic (exact) mass is 325 g/mol. The number of aryl methyl sites for hydroxylation is 1. The van der Waals surface area contributed by atoms with Crippen molar-refractivity contribution >= 4 is 11.9 Å². The molecule has 0 aliphatic heterocycles. The smallest absolute Gasteiger partial charge is 0.305 e. The van der Waals surface area contributed by atoms with E-state index in [1.54, 1.807) is 12.1 Å². The van der Waals surface area contributed by atoms with Crippen LogP contribution in [0, 0.1) is 0 Å². The molecule has 0 heterocycles. The Kier molecular flexibility index (Phi) is 6.55.